The van der Waals surface area contributed by atoms with E-state index in [-0.39, 0.29) is 11.8 Å². The van der Waals surface area contributed by atoms with E-state index < -0.39 is 5.41 Å². The second-order valence-electron chi connectivity index (χ2n) is 4.19. The van der Waals surface area contributed by atoms with Gasteiger partial charge in [0.05, 0.1) is 5.41 Å². The summed E-state index contributed by atoms with van der Waals surface area (Å²) < 4.78 is 0. The largest absolute Gasteiger partial charge is 0.310 e. The van der Waals surface area contributed by atoms with Gasteiger partial charge in [-0.1, -0.05) is 0 Å². The number of nitrogens with zero attached hydrogens (tertiary/aromatic N) is 1. The summed E-state index contributed by atoms with van der Waals surface area (Å²) in [5, 5.41) is 2.74. The van der Waals surface area contributed by atoms with Crippen LogP contribution in [0.4, 0.5) is 5.82 Å². The van der Waals surface area contributed by atoms with E-state index in [1.165, 1.54) is 0 Å². The van der Waals surface area contributed by atoms with E-state index in [1.54, 1.807) is 20.0 Å². The first-order valence-electron chi connectivity index (χ1n) is 4.76. The molecule has 1 aromatic heterocycles. The molecule has 0 aromatic carbocycles. The van der Waals surface area contributed by atoms with Gasteiger partial charge in [0.25, 0.3) is 0 Å². The minimum Gasteiger partial charge on any atom is -0.310 e. The minimum absolute atomic E-state index is 0.115. The van der Waals surface area contributed by atoms with Gasteiger partial charge in [-0.05, 0) is 38.5 Å². The fraction of sp³-hybridized carbons (Fsp3) is 0.455. The van der Waals surface area contributed by atoms with E-state index >= 15 is 0 Å². The minimum atomic E-state index is -0.576. The Morgan fingerprint density at radius 1 is 1.60 bits per heavy atom. The number of alkyl halides is 1. The number of rotatable bonds is 3. The number of aryl methyl sites for hydroxylation is 1. The molecule has 0 saturated heterocycles. The van der Waals surface area contributed by atoms with Gasteiger partial charge in [-0.2, -0.15) is 0 Å². The van der Waals surface area contributed by atoms with Crippen LogP contribution in [0.2, 0.25) is 0 Å². The Morgan fingerprint density at radius 3 is 2.80 bits per heavy atom. The maximum absolute atomic E-state index is 11.7. The Kier molecular flexibility index (Phi) is 3.69. The molecular weight excluding hydrogens is 212 g/mol. The molecule has 1 aromatic rings. The molecule has 1 heterocycles. The van der Waals surface area contributed by atoms with E-state index in [0.717, 1.165) is 5.56 Å². The van der Waals surface area contributed by atoms with Crippen molar-refractivity contribution in [2.75, 3.05) is 11.2 Å². The third kappa shape index (κ3) is 3.20. The number of nitrogens with one attached hydrogen (secondary N) is 1. The number of pyridine rings is 1. The molecule has 0 radical (unpaired) electrons. The van der Waals surface area contributed by atoms with Crippen molar-refractivity contribution in [3.05, 3.63) is 23.9 Å². The predicted molar refractivity (Wildman–Crippen MR) is 62.1 cm³/mol. The summed E-state index contributed by atoms with van der Waals surface area (Å²) in [5.74, 6) is 0.735. The van der Waals surface area contributed by atoms with Crippen LogP contribution in [0.3, 0.4) is 0 Å². The topological polar surface area (TPSA) is 42.0 Å². The Balaban J connectivity index is 2.75. The monoisotopic (exact) mass is 226 g/mol. The lowest BCUT2D eigenvalue weighted by Gasteiger charge is -2.19. The van der Waals surface area contributed by atoms with E-state index in [0.29, 0.717) is 5.82 Å². The molecule has 0 bridgehead atoms. The van der Waals surface area contributed by atoms with Gasteiger partial charge in [0, 0.05) is 12.1 Å². The quantitative estimate of drug-likeness (QED) is 0.805. The van der Waals surface area contributed by atoms with Crippen LogP contribution in [-0.4, -0.2) is 16.8 Å². The molecule has 1 N–H and O–H groups in total. The van der Waals surface area contributed by atoms with Crippen LogP contribution in [0, 0.1) is 12.3 Å². The fourth-order valence-electron chi connectivity index (χ4n) is 0.951. The number of hydrogen-bond donors (Lipinski definition) is 1. The summed E-state index contributed by atoms with van der Waals surface area (Å²) >= 11 is 5.70. The van der Waals surface area contributed by atoms with E-state index in [4.69, 9.17) is 11.6 Å². The molecule has 0 unspecified atom stereocenters. The van der Waals surface area contributed by atoms with Crippen LogP contribution in [0.25, 0.3) is 0 Å². The van der Waals surface area contributed by atoms with Crippen LogP contribution in [0.5, 0.6) is 0 Å². The highest BCUT2D eigenvalue weighted by molar-refractivity contribution is 6.20. The van der Waals surface area contributed by atoms with Crippen molar-refractivity contribution < 1.29 is 4.79 Å². The maximum atomic E-state index is 11.7. The second kappa shape index (κ2) is 4.62. The fourth-order valence-corrected chi connectivity index (χ4v) is 1.07. The molecular formula is C11H15ClN2O. The van der Waals surface area contributed by atoms with Crippen molar-refractivity contribution in [1.29, 1.82) is 0 Å². The highest BCUT2D eigenvalue weighted by atomic mass is 35.5. The van der Waals surface area contributed by atoms with E-state index in [9.17, 15) is 4.79 Å². The molecule has 0 aliphatic rings. The molecule has 0 aliphatic heterocycles. The highest BCUT2D eigenvalue weighted by Crippen LogP contribution is 2.19. The van der Waals surface area contributed by atoms with E-state index in [2.05, 4.69) is 10.3 Å². The smallest absolute Gasteiger partial charge is 0.232 e. The predicted octanol–water partition coefficient (Wildman–Crippen LogP) is 2.59. The van der Waals surface area contributed by atoms with Crippen molar-refractivity contribution in [2.24, 2.45) is 5.41 Å². The number of halogens is 1. The third-order valence-electron chi connectivity index (χ3n) is 2.11. The summed E-state index contributed by atoms with van der Waals surface area (Å²) in [4.78, 5) is 15.8. The number of anilines is 1. The Labute approximate surface area is 94.9 Å². The molecule has 1 rings (SSSR count). The number of amides is 1. The Hall–Kier alpha value is -1.09. The van der Waals surface area contributed by atoms with Crippen molar-refractivity contribution >= 4 is 23.3 Å². The Morgan fingerprint density at radius 2 is 2.27 bits per heavy atom. The first-order valence-corrected chi connectivity index (χ1v) is 5.29. The normalized spacial score (nSPS) is 11.2. The molecule has 15 heavy (non-hydrogen) atoms. The van der Waals surface area contributed by atoms with Crippen LogP contribution in [-0.2, 0) is 4.79 Å². The number of hydrogen-bond acceptors (Lipinski definition) is 2. The van der Waals surface area contributed by atoms with Gasteiger partial charge in [-0.25, -0.2) is 4.98 Å². The lowest BCUT2D eigenvalue weighted by Crippen LogP contribution is -2.32. The van der Waals surface area contributed by atoms with Gasteiger partial charge in [0.2, 0.25) is 5.91 Å². The first kappa shape index (κ1) is 12.0. The van der Waals surface area contributed by atoms with Crippen molar-refractivity contribution in [3.8, 4) is 0 Å². The second-order valence-corrected chi connectivity index (χ2v) is 4.46. The number of aromatic nitrogens is 1. The SMILES string of the molecule is Cc1ccnc(NC(=O)C(C)(C)CCl)c1. The molecule has 0 fully saturated rings. The van der Waals surface area contributed by atoms with Crippen molar-refractivity contribution in [3.63, 3.8) is 0 Å². The van der Waals surface area contributed by atoms with Crippen LogP contribution < -0.4 is 5.32 Å². The summed E-state index contributed by atoms with van der Waals surface area (Å²) in [5.41, 5.74) is 0.483. The third-order valence-corrected chi connectivity index (χ3v) is 2.77. The average Bonchev–Trinajstić information content (AvgIpc) is 2.17. The standard InChI is InChI=1S/C11H15ClN2O/c1-8-4-5-13-9(6-8)14-10(15)11(2,3)7-12/h4-6H,7H2,1-3H3,(H,13,14,15). The van der Waals surface area contributed by atoms with Gasteiger partial charge in [0.15, 0.2) is 0 Å². The first-order chi connectivity index (χ1) is 6.95. The van der Waals surface area contributed by atoms with Crippen LogP contribution in [0.1, 0.15) is 19.4 Å². The van der Waals surface area contributed by atoms with Gasteiger partial charge in [-0.15, -0.1) is 11.6 Å². The van der Waals surface area contributed by atoms with Gasteiger partial charge >= 0.3 is 0 Å². The molecule has 0 atom stereocenters. The van der Waals surface area contributed by atoms with Gasteiger partial charge in [0.1, 0.15) is 5.82 Å². The van der Waals surface area contributed by atoms with Crippen LogP contribution in [0.15, 0.2) is 18.3 Å². The zero-order chi connectivity index (χ0) is 11.5. The van der Waals surface area contributed by atoms with Crippen LogP contribution >= 0.6 is 11.6 Å². The number of carbonyl (C=O) groups is 1. The molecule has 82 valence electrons. The highest BCUT2D eigenvalue weighted by Gasteiger charge is 2.26. The summed E-state index contributed by atoms with van der Waals surface area (Å²) in [6, 6.07) is 3.70. The lowest BCUT2D eigenvalue weighted by molar-refractivity contribution is -0.123. The van der Waals surface area contributed by atoms with E-state index in [1.807, 2.05) is 19.1 Å². The Bertz CT molecular complexity index is 363. The molecule has 4 heteroatoms. The van der Waals surface area contributed by atoms with Gasteiger partial charge < -0.3 is 5.32 Å². The summed E-state index contributed by atoms with van der Waals surface area (Å²) in [7, 11) is 0. The molecule has 1 amide bonds. The molecule has 3 nitrogen and oxygen atoms in total. The summed E-state index contributed by atoms with van der Waals surface area (Å²) in [6.07, 6.45) is 1.67. The zero-order valence-electron chi connectivity index (χ0n) is 9.17. The summed E-state index contributed by atoms with van der Waals surface area (Å²) in [6.45, 7) is 5.54. The maximum Gasteiger partial charge on any atom is 0.232 e. The molecule has 0 spiro atoms. The molecule has 0 saturated carbocycles. The van der Waals surface area contributed by atoms with Crippen molar-refractivity contribution in [2.45, 2.75) is 20.8 Å². The van der Waals surface area contributed by atoms with Crippen molar-refractivity contribution in [1.82, 2.24) is 4.98 Å². The molecule has 0 aliphatic carbocycles. The zero-order valence-corrected chi connectivity index (χ0v) is 9.93. The van der Waals surface area contributed by atoms with Gasteiger partial charge in [-0.3, -0.25) is 4.79 Å². The number of carbonyl (C=O) groups excluding carboxylic acids is 1. The lowest BCUT2D eigenvalue weighted by atomic mass is 9.95. The average molecular weight is 227 g/mol.